The molecule has 4 aromatic carbocycles. The van der Waals surface area contributed by atoms with Crippen LogP contribution in [0.3, 0.4) is 0 Å². The lowest BCUT2D eigenvalue weighted by molar-refractivity contribution is 0.0473. The van der Waals surface area contributed by atoms with E-state index >= 15 is 0 Å². The highest BCUT2D eigenvalue weighted by Gasteiger charge is 2.20. The molecule has 0 saturated carbocycles. The molecule has 4 aromatic rings. The first-order chi connectivity index (χ1) is 17.5. The summed E-state index contributed by atoms with van der Waals surface area (Å²) in [7, 11) is 1.54. The summed E-state index contributed by atoms with van der Waals surface area (Å²) in [6, 6.07) is 28.1. The number of anilines is 1. The second-order valence-electron chi connectivity index (χ2n) is 7.96. The third kappa shape index (κ3) is 5.59. The van der Waals surface area contributed by atoms with Gasteiger partial charge in [-0.3, -0.25) is 10.2 Å². The second-order valence-corrected chi connectivity index (χ2v) is 7.96. The number of nitrogens with one attached hydrogen (secondary N) is 2. The molecule has 0 radical (unpaired) electrons. The van der Waals surface area contributed by atoms with Crippen molar-refractivity contribution in [2.24, 2.45) is 5.73 Å². The molecule has 0 aromatic heterocycles. The number of esters is 1. The third-order valence-electron chi connectivity index (χ3n) is 5.58. The minimum atomic E-state index is -0.508. The van der Waals surface area contributed by atoms with Crippen LogP contribution in [0, 0.1) is 5.41 Å². The molecule has 36 heavy (non-hydrogen) atoms. The van der Waals surface area contributed by atoms with Gasteiger partial charge in [-0.05, 0) is 59.7 Å². The number of amidine groups is 1. The molecular formula is C29H25N3O4. The zero-order valence-corrected chi connectivity index (χ0v) is 19.7. The summed E-state index contributed by atoms with van der Waals surface area (Å²) >= 11 is 0. The molecule has 0 fully saturated rings. The lowest BCUT2D eigenvalue weighted by Gasteiger charge is -2.15. The van der Waals surface area contributed by atoms with Gasteiger partial charge in [-0.25, -0.2) is 4.79 Å². The molecule has 4 N–H and O–H groups in total. The summed E-state index contributed by atoms with van der Waals surface area (Å²) in [5.74, 6) is -0.373. The third-order valence-corrected chi connectivity index (χ3v) is 5.58. The number of rotatable bonds is 8. The van der Waals surface area contributed by atoms with E-state index in [1.165, 1.54) is 7.11 Å². The van der Waals surface area contributed by atoms with Gasteiger partial charge in [0.15, 0.2) is 0 Å². The first-order valence-electron chi connectivity index (χ1n) is 11.2. The minimum Gasteiger partial charge on any atom is -0.497 e. The number of benzene rings is 4. The van der Waals surface area contributed by atoms with Crippen molar-refractivity contribution in [3.63, 3.8) is 0 Å². The summed E-state index contributed by atoms with van der Waals surface area (Å²) in [5.41, 5.74) is 9.25. The van der Waals surface area contributed by atoms with Gasteiger partial charge < -0.3 is 20.5 Å². The molecule has 0 spiro atoms. The van der Waals surface area contributed by atoms with Crippen LogP contribution < -0.4 is 15.8 Å². The van der Waals surface area contributed by atoms with Crippen molar-refractivity contribution in [3.05, 3.63) is 119 Å². The van der Waals surface area contributed by atoms with Gasteiger partial charge in [0.25, 0.3) is 5.91 Å². The number of carbonyl (C=O) groups is 2. The average Bonchev–Trinajstić information content (AvgIpc) is 2.92. The van der Waals surface area contributed by atoms with Gasteiger partial charge in [-0.1, -0.05) is 48.5 Å². The molecule has 7 heteroatoms. The van der Waals surface area contributed by atoms with Crippen LogP contribution in [0.5, 0.6) is 5.75 Å². The van der Waals surface area contributed by atoms with Crippen molar-refractivity contribution in [2.45, 2.75) is 6.61 Å². The molecule has 0 aliphatic carbocycles. The largest absolute Gasteiger partial charge is 0.497 e. The Bertz CT molecular complexity index is 1400. The Morgan fingerprint density at radius 3 is 2.22 bits per heavy atom. The normalized spacial score (nSPS) is 10.4. The Morgan fingerprint density at radius 1 is 0.833 bits per heavy atom. The molecule has 0 saturated heterocycles. The van der Waals surface area contributed by atoms with E-state index in [0.29, 0.717) is 39.3 Å². The number of hydrogen-bond acceptors (Lipinski definition) is 5. The van der Waals surface area contributed by atoms with Gasteiger partial charge in [0.2, 0.25) is 0 Å². The van der Waals surface area contributed by atoms with E-state index in [1.54, 1.807) is 66.7 Å². The van der Waals surface area contributed by atoms with E-state index in [2.05, 4.69) is 5.32 Å². The highest BCUT2D eigenvalue weighted by molar-refractivity contribution is 6.10. The Hall–Kier alpha value is -4.91. The fourth-order valence-corrected chi connectivity index (χ4v) is 3.70. The Balaban J connectivity index is 1.65. The smallest absolute Gasteiger partial charge is 0.339 e. The zero-order valence-electron chi connectivity index (χ0n) is 19.7. The van der Waals surface area contributed by atoms with E-state index in [4.69, 9.17) is 20.6 Å². The maximum absolute atomic E-state index is 13.2. The summed E-state index contributed by atoms with van der Waals surface area (Å²) in [6.45, 7) is 0.129. The quantitative estimate of drug-likeness (QED) is 0.181. The molecule has 1 amide bonds. The average molecular weight is 480 g/mol. The van der Waals surface area contributed by atoms with Gasteiger partial charge >= 0.3 is 5.97 Å². The minimum absolute atomic E-state index is 0.0528. The topological polar surface area (TPSA) is 114 Å². The summed E-state index contributed by atoms with van der Waals surface area (Å²) in [6.07, 6.45) is 0. The molecule has 7 nitrogen and oxygen atoms in total. The monoisotopic (exact) mass is 479 g/mol. The van der Waals surface area contributed by atoms with E-state index in [1.807, 2.05) is 30.3 Å². The van der Waals surface area contributed by atoms with Crippen molar-refractivity contribution in [2.75, 3.05) is 12.4 Å². The van der Waals surface area contributed by atoms with Gasteiger partial charge in [0.05, 0.1) is 12.7 Å². The van der Waals surface area contributed by atoms with Gasteiger partial charge in [-0.15, -0.1) is 0 Å². The maximum Gasteiger partial charge on any atom is 0.339 e. The molecule has 0 aliphatic heterocycles. The maximum atomic E-state index is 13.2. The van der Waals surface area contributed by atoms with Crippen molar-refractivity contribution in [1.82, 2.24) is 0 Å². The van der Waals surface area contributed by atoms with Crippen LogP contribution in [-0.2, 0) is 11.3 Å². The molecule has 180 valence electrons. The number of amides is 1. The standard InChI is InChI=1S/C29H25N3O4/c1-35-22-15-16-25(29(34)36-18-19-7-3-2-4-8-19)26(17-22)23-9-5-6-10-24(23)28(33)32-21-13-11-20(12-14-21)27(30)31/h2-17H,18H2,1H3,(H3,30,31)(H,32,33). The molecule has 4 rings (SSSR count). The number of ether oxygens (including phenoxy) is 2. The molecule has 0 heterocycles. The van der Waals surface area contributed by atoms with E-state index in [0.717, 1.165) is 5.56 Å². The Morgan fingerprint density at radius 2 is 1.53 bits per heavy atom. The van der Waals surface area contributed by atoms with Crippen molar-refractivity contribution < 1.29 is 19.1 Å². The fraction of sp³-hybridized carbons (Fsp3) is 0.0690. The van der Waals surface area contributed by atoms with E-state index in [9.17, 15) is 9.59 Å². The van der Waals surface area contributed by atoms with Crippen LogP contribution in [0.4, 0.5) is 5.69 Å². The van der Waals surface area contributed by atoms with Crippen molar-refractivity contribution in [1.29, 1.82) is 5.41 Å². The molecule has 0 unspecified atom stereocenters. The number of methoxy groups -OCH3 is 1. The first kappa shape index (κ1) is 24.2. The first-order valence-corrected chi connectivity index (χ1v) is 11.2. The molecule has 0 atom stereocenters. The zero-order chi connectivity index (χ0) is 25.5. The summed E-state index contributed by atoms with van der Waals surface area (Å²) in [5, 5.41) is 10.4. The van der Waals surface area contributed by atoms with Crippen molar-refractivity contribution in [3.8, 4) is 16.9 Å². The van der Waals surface area contributed by atoms with E-state index < -0.39 is 5.97 Å². The van der Waals surface area contributed by atoms with Gasteiger partial charge in [-0.2, -0.15) is 0 Å². The fourth-order valence-electron chi connectivity index (χ4n) is 3.70. The van der Waals surface area contributed by atoms with Crippen LogP contribution in [-0.4, -0.2) is 24.8 Å². The van der Waals surface area contributed by atoms with Crippen LogP contribution in [0.25, 0.3) is 11.1 Å². The molecule has 0 aliphatic rings. The molecule has 0 bridgehead atoms. The second kappa shape index (κ2) is 11.0. The van der Waals surface area contributed by atoms with Crippen molar-refractivity contribution >= 4 is 23.4 Å². The number of nitrogens with two attached hydrogens (primary N) is 1. The lowest BCUT2D eigenvalue weighted by atomic mass is 9.94. The van der Waals surface area contributed by atoms with Crippen LogP contribution in [0.15, 0.2) is 97.1 Å². The highest BCUT2D eigenvalue weighted by Crippen LogP contribution is 2.32. The van der Waals surface area contributed by atoms with E-state index in [-0.39, 0.29) is 18.3 Å². The highest BCUT2D eigenvalue weighted by atomic mass is 16.5. The Labute approximate surface area is 209 Å². The predicted molar refractivity (Wildman–Crippen MR) is 139 cm³/mol. The molecular weight excluding hydrogens is 454 g/mol. The van der Waals surface area contributed by atoms with Crippen LogP contribution in [0.2, 0.25) is 0 Å². The number of nitrogen functional groups attached to an aromatic ring is 1. The number of carbonyl (C=O) groups excluding carboxylic acids is 2. The number of hydrogen-bond donors (Lipinski definition) is 3. The SMILES string of the molecule is COc1ccc(C(=O)OCc2ccccc2)c(-c2ccccc2C(=O)Nc2ccc(C(=N)N)cc2)c1. The van der Waals surface area contributed by atoms with Gasteiger partial charge in [0.1, 0.15) is 18.2 Å². The predicted octanol–water partition coefficient (Wildman–Crippen LogP) is 5.26. The van der Waals surface area contributed by atoms with Crippen LogP contribution >= 0.6 is 0 Å². The summed E-state index contributed by atoms with van der Waals surface area (Å²) < 4.78 is 11.0. The van der Waals surface area contributed by atoms with Gasteiger partial charge in [0, 0.05) is 22.4 Å². The lowest BCUT2D eigenvalue weighted by Crippen LogP contribution is -2.15. The summed E-state index contributed by atoms with van der Waals surface area (Å²) in [4.78, 5) is 26.3. The Kier molecular flexibility index (Phi) is 7.41. The van der Waals surface area contributed by atoms with Crippen LogP contribution in [0.1, 0.15) is 31.8 Å².